The third-order valence-electron chi connectivity index (χ3n) is 9.37. The third-order valence-corrected chi connectivity index (χ3v) is 9.37. The van der Waals surface area contributed by atoms with Crippen LogP contribution in [0, 0.1) is 17.7 Å². The lowest BCUT2D eigenvalue weighted by molar-refractivity contribution is 0.390. The van der Waals surface area contributed by atoms with Gasteiger partial charge in [0.25, 0.3) is 0 Å². The van der Waals surface area contributed by atoms with Gasteiger partial charge >= 0.3 is 0 Å². The standard InChI is InChI=1S/C31H29FN6/c32-22-10-16(2-6-21(22)28-14-33-30(37-28)27-13-19-12-26(19)35-27)15-1-5-20-17(9-15)3-7-23-29(20)38-31(36-23)24-8-4-18-11-25(18)34-24/h1-3,5-7,9-10,14,18-19,24-27,34-35H,4,8,11-13H2,(H,33,37)(H,36,38)/t18-,19?,24-,25?,26+,27-/m0/s1. The smallest absolute Gasteiger partial charge is 0.133 e. The molecular formula is C31H29FN6. The summed E-state index contributed by atoms with van der Waals surface area (Å²) in [6, 6.07) is 18.0. The molecule has 9 rings (SSSR count). The Morgan fingerprint density at radius 3 is 2.47 bits per heavy atom. The van der Waals surface area contributed by atoms with Gasteiger partial charge in [0.2, 0.25) is 0 Å². The molecule has 0 spiro atoms. The fourth-order valence-corrected chi connectivity index (χ4v) is 6.97. The van der Waals surface area contributed by atoms with Crippen molar-refractivity contribution in [1.29, 1.82) is 0 Å². The first-order valence-corrected chi connectivity index (χ1v) is 14.0. The molecule has 38 heavy (non-hydrogen) atoms. The number of nitrogens with one attached hydrogen (secondary N) is 4. The van der Waals surface area contributed by atoms with Crippen molar-refractivity contribution >= 4 is 21.8 Å². The number of nitrogens with zero attached hydrogens (tertiary/aromatic N) is 2. The second kappa shape index (κ2) is 7.74. The first-order chi connectivity index (χ1) is 18.7. The molecule has 4 N–H and O–H groups in total. The number of hydrogen-bond acceptors (Lipinski definition) is 4. The molecule has 2 aromatic heterocycles. The van der Waals surface area contributed by atoms with Crippen molar-refractivity contribution in [3.05, 3.63) is 72.2 Å². The van der Waals surface area contributed by atoms with Crippen molar-refractivity contribution in [1.82, 2.24) is 30.6 Å². The Balaban J connectivity index is 1.01. The van der Waals surface area contributed by atoms with Gasteiger partial charge in [0.05, 0.1) is 35.0 Å². The molecule has 7 heteroatoms. The third kappa shape index (κ3) is 3.38. The largest absolute Gasteiger partial charge is 0.341 e. The number of aromatic amines is 2. The number of piperidine rings is 2. The summed E-state index contributed by atoms with van der Waals surface area (Å²) in [5, 5.41) is 9.58. The van der Waals surface area contributed by atoms with Gasteiger partial charge in [-0.1, -0.05) is 24.3 Å². The monoisotopic (exact) mass is 504 g/mol. The molecule has 2 aliphatic heterocycles. The summed E-state index contributed by atoms with van der Waals surface area (Å²) >= 11 is 0. The highest BCUT2D eigenvalue weighted by molar-refractivity contribution is 6.05. The molecule has 0 bridgehead atoms. The van der Waals surface area contributed by atoms with Crippen LogP contribution in [0.5, 0.6) is 0 Å². The molecule has 190 valence electrons. The van der Waals surface area contributed by atoms with E-state index in [2.05, 4.69) is 55.9 Å². The van der Waals surface area contributed by atoms with Gasteiger partial charge in [0.15, 0.2) is 0 Å². The number of fused-ring (bicyclic) bond motifs is 5. The lowest BCUT2D eigenvalue weighted by Crippen LogP contribution is -2.29. The Bertz CT molecular complexity index is 1730. The van der Waals surface area contributed by atoms with E-state index in [4.69, 9.17) is 4.98 Å². The summed E-state index contributed by atoms with van der Waals surface area (Å²) in [4.78, 5) is 16.5. The zero-order chi connectivity index (χ0) is 25.0. The van der Waals surface area contributed by atoms with E-state index in [1.807, 2.05) is 12.1 Å². The SMILES string of the molecule is Fc1cc(-c2ccc3c(ccc4[nH]c([C@@H]5CC[C@H]6CC6N5)nc43)c2)ccc1-c1cnc([C@@H]2CC3C[C@H]3N2)[nH]1. The number of H-pyrrole nitrogens is 2. The van der Waals surface area contributed by atoms with Crippen LogP contribution in [0.4, 0.5) is 4.39 Å². The van der Waals surface area contributed by atoms with Crippen molar-refractivity contribution in [2.45, 2.75) is 56.3 Å². The lowest BCUT2D eigenvalue weighted by Gasteiger charge is -2.20. The summed E-state index contributed by atoms with van der Waals surface area (Å²) in [7, 11) is 0. The van der Waals surface area contributed by atoms with E-state index in [9.17, 15) is 0 Å². The first-order valence-electron chi connectivity index (χ1n) is 14.0. The molecule has 4 heterocycles. The van der Waals surface area contributed by atoms with Gasteiger partial charge in [-0.05, 0) is 84.7 Å². The van der Waals surface area contributed by atoms with Gasteiger partial charge in [-0.25, -0.2) is 14.4 Å². The Labute approximate surface area is 219 Å². The molecule has 2 saturated carbocycles. The van der Waals surface area contributed by atoms with Crippen LogP contribution in [-0.4, -0.2) is 32.0 Å². The van der Waals surface area contributed by atoms with Crippen LogP contribution in [0.3, 0.4) is 0 Å². The molecule has 6 atom stereocenters. The van der Waals surface area contributed by atoms with Crippen LogP contribution >= 0.6 is 0 Å². The molecule has 2 aliphatic carbocycles. The quantitative estimate of drug-likeness (QED) is 0.237. The summed E-state index contributed by atoms with van der Waals surface area (Å²) in [6.07, 6.45) is 7.89. The van der Waals surface area contributed by atoms with Gasteiger partial charge in [0.1, 0.15) is 17.5 Å². The molecule has 2 saturated heterocycles. The summed E-state index contributed by atoms with van der Waals surface area (Å²) in [5.74, 6) is 3.38. The maximum atomic E-state index is 15.3. The molecule has 2 unspecified atom stereocenters. The second-order valence-electron chi connectivity index (χ2n) is 11.9. The number of rotatable bonds is 4. The van der Waals surface area contributed by atoms with Crippen LogP contribution in [0.2, 0.25) is 0 Å². The highest BCUT2D eigenvalue weighted by Crippen LogP contribution is 2.46. The van der Waals surface area contributed by atoms with Crippen molar-refractivity contribution in [2.75, 3.05) is 0 Å². The summed E-state index contributed by atoms with van der Waals surface area (Å²) in [5.41, 5.74) is 5.21. The zero-order valence-electron chi connectivity index (χ0n) is 21.0. The van der Waals surface area contributed by atoms with Gasteiger partial charge in [0, 0.05) is 23.0 Å². The molecule has 0 radical (unpaired) electrons. The summed E-state index contributed by atoms with van der Waals surface area (Å²) in [6.45, 7) is 0. The predicted octanol–water partition coefficient (Wildman–Crippen LogP) is 6.15. The minimum absolute atomic E-state index is 0.245. The zero-order valence-corrected chi connectivity index (χ0v) is 21.0. The van der Waals surface area contributed by atoms with Crippen molar-refractivity contribution in [3.63, 3.8) is 0 Å². The van der Waals surface area contributed by atoms with E-state index in [1.54, 1.807) is 12.3 Å². The highest BCUT2D eigenvalue weighted by atomic mass is 19.1. The van der Waals surface area contributed by atoms with E-state index >= 15 is 4.39 Å². The number of benzene rings is 3. The number of aromatic nitrogens is 4. The molecular weight excluding hydrogens is 475 g/mol. The fraction of sp³-hybridized carbons (Fsp3) is 0.355. The molecule has 5 aromatic rings. The maximum Gasteiger partial charge on any atom is 0.133 e. The topological polar surface area (TPSA) is 81.4 Å². The van der Waals surface area contributed by atoms with Crippen molar-refractivity contribution in [2.24, 2.45) is 11.8 Å². The average molecular weight is 505 g/mol. The normalized spacial score (nSPS) is 29.5. The number of imidazole rings is 2. The number of hydrogen-bond donors (Lipinski definition) is 4. The fourth-order valence-electron chi connectivity index (χ4n) is 6.97. The van der Waals surface area contributed by atoms with Crippen LogP contribution < -0.4 is 10.6 Å². The van der Waals surface area contributed by atoms with E-state index in [0.717, 1.165) is 75.0 Å². The van der Waals surface area contributed by atoms with Crippen LogP contribution in [0.25, 0.3) is 44.2 Å². The Kier molecular flexibility index (Phi) is 4.36. The number of halogens is 1. The predicted molar refractivity (Wildman–Crippen MR) is 146 cm³/mol. The highest BCUT2D eigenvalue weighted by Gasteiger charge is 2.47. The molecule has 4 aliphatic rings. The van der Waals surface area contributed by atoms with Crippen LogP contribution in [0.1, 0.15) is 55.8 Å². The van der Waals surface area contributed by atoms with Gasteiger partial charge in [-0.2, -0.15) is 0 Å². The molecule has 0 amide bonds. The van der Waals surface area contributed by atoms with E-state index in [1.165, 1.54) is 19.3 Å². The van der Waals surface area contributed by atoms with Crippen molar-refractivity contribution in [3.8, 4) is 22.4 Å². The van der Waals surface area contributed by atoms with Gasteiger partial charge < -0.3 is 20.6 Å². The summed E-state index contributed by atoms with van der Waals surface area (Å²) < 4.78 is 15.3. The van der Waals surface area contributed by atoms with E-state index in [0.29, 0.717) is 23.7 Å². The lowest BCUT2D eigenvalue weighted by atomic mass is 9.99. The van der Waals surface area contributed by atoms with Gasteiger partial charge in [-0.15, -0.1) is 0 Å². The van der Waals surface area contributed by atoms with Crippen LogP contribution in [0.15, 0.2) is 54.7 Å². The van der Waals surface area contributed by atoms with Crippen LogP contribution in [-0.2, 0) is 0 Å². The minimum Gasteiger partial charge on any atom is -0.341 e. The molecule has 6 nitrogen and oxygen atoms in total. The van der Waals surface area contributed by atoms with E-state index in [-0.39, 0.29) is 11.9 Å². The van der Waals surface area contributed by atoms with E-state index < -0.39 is 0 Å². The Morgan fingerprint density at radius 2 is 1.61 bits per heavy atom. The van der Waals surface area contributed by atoms with Crippen molar-refractivity contribution < 1.29 is 4.39 Å². The second-order valence-corrected chi connectivity index (χ2v) is 11.9. The Morgan fingerprint density at radius 1 is 0.763 bits per heavy atom. The minimum atomic E-state index is -0.245. The van der Waals surface area contributed by atoms with Gasteiger partial charge in [-0.3, -0.25) is 0 Å². The molecule has 3 aromatic carbocycles. The first kappa shape index (κ1) is 21.4. The maximum absolute atomic E-state index is 15.3. The Hall–Kier alpha value is -3.55. The average Bonchev–Trinajstić information content (AvgIpc) is 3.66. The molecule has 4 fully saturated rings.